The summed E-state index contributed by atoms with van der Waals surface area (Å²) in [6.45, 7) is 0. The predicted octanol–water partition coefficient (Wildman–Crippen LogP) is 2.64. The topological polar surface area (TPSA) is 29.5 Å². The van der Waals surface area contributed by atoms with Crippen LogP contribution in [0.4, 0.5) is 0 Å². The van der Waals surface area contributed by atoms with Crippen LogP contribution in [-0.2, 0) is 4.74 Å². The lowest BCUT2D eigenvalue weighted by Gasteiger charge is -2.14. The second-order valence-corrected chi connectivity index (χ2v) is 4.83. The minimum Gasteiger partial charge on any atom is -0.393 e. The summed E-state index contributed by atoms with van der Waals surface area (Å²) in [6, 6.07) is 0. The number of aliphatic hydroxyl groups is 1. The van der Waals surface area contributed by atoms with Gasteiger partial charge in [0, 0.05) is 0 Å². The second kappa shape index (κ2) is 5.13. The van der Waals surface area contributed by atoms with Crippen LogP contribution in [0.25, 0.3) is 0 Å². The maximum Gasteiger partial charge on any atom is 0.0580 e. The molecule has 3 fully saturated rings. The molecule has 0 aromatic carbocycles. The van der Waals surface area contributed by atoms with E-state index in [4.69, 9.17) is 9.84 Å². The van der Waals surface area contributed by atoms with E-state index in [1.54, 1.807) is 0 Å². The summed E-state index contributed by atoms with van der Waals surface area (Å²) >= 11 is 0. The minimum atomic E-state index is 0.0359. The summed E-state index contributed by atoms with van der Waals surface area (Å²) < 4.78 is 5.47. The highest BCUT2D eigenvalue weighted by molar-refractivity contribution is 4.81. The van der Waals surface area contributed by atoms with Crippen molar-refractivity contribution >= 4 is 0 Å². The van der Waals surface area contributed by atoms with Crippen molar-refractivity contribution in [1.82, 2.24) is 0 Å². The number of fused-ring (bicyclic) bond motifs is 2. The standard InChI is InChI=1S/C6H10O.C6H12O/c1-2-6-4-3-5(1)7-6;7-6-4-2-1-3-5-6/h5-6H,1-4H2;6-7H,1-5H2. The third kappa shape index (κ3) is 2.96. The molecular formula is C12H22O2. The molecule has 1 N–H and O–H groups in total. The van der Waals surface area contributed by atoms with Gasteiger partial charge >= 0.3 is 0 Å². The summed E-state index contributed by atoms with van der Waals surface area (Å²) in [4.78, 5) is 0. The molecule has 2 heteroatoms. The van der Waals surface area contributed by atoms with Gasteiger partial charge in [0.1, 0.15) is 0 Å². The fraction of sp³-hybridized carbons (Fsp3) is 1.00. The molecule has 1 aliphatic carbocycles. The zero-order valence-electron chi connectivity index (χ0n) is 8.95. The summed E-state index contributed by atoms with van der Waals surface area (Å²) in [5, 5.41) is 8.91. The third-order valence-corrected chi connectivity index (χ3v) is 3.58. The van der Waals surface area contributed by atoms with Crippen molar-refractivity contribution in [2.75, 3.05) is 0 Å². The Morgan fingerprint density at radius 1 is 0.714 bits per heavy atom. The Morgan fingerprint density at radius 3 is 1.43 bits per heavy atom. The van der Waals surface area contributed by atoms with Gasteiger partial charge in [0.25, 0.3) is 0 Å². The van der Waals surface area contributed by atoms with Crippen LogP contribution >= 0.6 is 0 Å². The van der Waals surface area contributed by atoms with E-state index >= 15 is 0 Å². The molecule has 2 bridgehead atoms. The fourth-order valence-electron chi connectivity index (χ4n) is 2.66. The van der Waals surface area contributed by atoms with Gasteiger partial charge in [-0.1, -0.05) is 19.3 Å². The third-order valence-electron chi connectivity index (χ3n) is 3.58. The monoisotopic (exact) mass is 198 g/mol. The molecule has 0 radical (unpaired) electrons. The van der Waals surface area contributed by atoms with E-state index in [2.05, 4.69) is 0 Å². The van der Waals surface area contributed by atoms with Crippen LogP contribution in [0, 0.1) is 0 Å². The average molecular weight is 198 g/mol. The zero-order valence-corrected chi connectivity index (χ0v) is 8.95. The lowest BCUT2D eigenvalue weighted by molar-refractivity contribution is 0.105. The molecule has 3 aliphatic rings. The Bertz CT molecular complexity index is 146. The first kappa shape index (κ1) is 10.4. The van der Waals surface area contributed by atoms with Gasteiger partial charge in [0.15, 0.2) is 0 Å². The highest BCUT2D eigenvalue weighted by atomic mass is 16.5. The zero-order chi connectivity index (χ0) is 9.80. The van der Waals surface area contributed by atoms with Crippen molar-refractivity contribution in [3.05, 3.63) is 0 Å². The average Bonchev–Trinajstić information content (AvgIpc) is 2.83. The Morgan fingerprint density at radius 2 is 1.21 bits per heavy atom. The molecule has 0 amide bonds. The molecule has 2 heterocycles. The van der Waals surface area contributed by atoms with Crippen LogP contribution in [0.1, 0.15) is 57.8 Å². The quantitative estimate of drug-likeness (QED) is 0.648. The Hall–Kier alpha value is -0.0800. The van der Waals surface area contributed by atoms with Gasteiger partial charge in [-0.05, 0) is 38.5 Å². The molecule has 0 aromatic heterocycles. The summed E-state index contributed by atoms with van der Waals surface area (Å²) in [5.74, 6) is 0. The van der Waals surface area contributed by atoms with Crippen LogP contribution in [-0.4, -0.2) is 23.4 Å². The van der Waals surface area contributed by atoms with Gasteiger partial charge < -0.3 is 9.84 Å². The first-order valence-corrected chi connectivity index (χ1v) is 6.18. The van der Waals surface area contributed by atoms with E-state index < -0.39 is 0 Å². The van der Waals surface area contributed by atoms with E-state index in [-0.39, 0.29) is 6.10 Å². The van der Waals surface area contributed by atoms with Crippen molar-refractivity contribution in [2.24, 2.45) is 0 Å². The highest BCUT2D eigenvalue weighted by Crippen LogP contribution is 2.33. The predicted molar refractivity (Wildman–Crippen MR) is 56.2 cm³/mol. The molecule has 0 aromatic rings. The molecule has 2 saturated heterocycles. The first-order valence-electron chi connectivity index (χ1n) is 6.18. The Kier molecular flexibility index (Phi) is 3.82. The Labute approximate surface area is 86.6 Å². The van der Waals surface area contributed by atoms with Crippen LogP contribution in [0.3, 0.4) is 0 Å². The molecule has 82 valence electrons. The van der Waals surface area contributed by atoms with Gasteiger partial charge in [0.05, 0.1) is 18.3 Å². The summed E-state index contributed by atoms with van der Waals surface area (Å²) in [5.41, 5.74) is 0. The summed E-state index contributed by atoms with van der Waals surface area (Å²) in [7, 11) is 0. The van der Waals surface area contributed by atoms with Crippen molar-refractivity contribution in [3.8, 4) is 0 Å². The van der Waals surface area contributed by atoms with Crippen molar-refractivity contribution in [1.29, 1.82) is 0 Å². The molecule has 3 rings (SSSR count). The molecular weight excluding hydrogens is 176 g/mol. The van der Waals surface area contributed by atoms with Gasteiger partial charge in [-0.25, -0.2) is 0 Å². The Balaban J connectivity index is 0.000000107. The minimum absolute atomic E-state index is 0.0359. The molecule has 0 unspecified atom stereocenters. The first-order chi connectivity index (χ1) is 6.84. The van der Waals surface area contributed by atoms with Crippen molar-refractivity contribution < 1.29 is 9.84 Å². The smallest absolute Gasteiger partial charge is 0.0580 e. The van der Waals surface area contributed by atoms with E-state index in [1.165, 1.54) is 44.9 Å². The molecule has 0 spiro atoms. The number of hydrogen-bond donors (Lipinski definition) is 1. The van der Waals surface area contributed by atoms with Gasteiger partial charge in [-0.3, -0.25) is 0 Å². The fourth-order valence-corrected chi connectivity index (χ4v) is 2.66. The maximum atomic E-state index is 8.91. The lowest BCUT2D eigenvalue weighted by Crippen LogP contribution is -2.09. The second-order valence-electron chi connectivity index (χ2n) is 4.83. The van der Waals surface area contributed by atoms with Gasteiger partial charge in [-0.2, -0.15) is 0 Å². The summed E-state index contributed by atoms with van der Waals surface area (Å²) in [6.07, 6.45) is 12.6. The molecule has 14 heavy (non-hydrogen) atoms. The van der Waals surface area contributed by atoms with Gasteiger partial charge in [-0.15, -0.1) is 0 Å². The normalized spacial score (nSPS) is 36.6. The van der Waals surface area contributed by atoms with Crippen molar-refractivity contribution in [2.45, 2.75) is 76.1 Å². The molecule has 2 aliphatic heterocycles. The van der Waals surface area contributed by atoms with Crippen LogP contribution in [0.5, 0.6) is 0 Å². The SMILES string of the molecule is C1CC2CCC1O2.OC1CCCCC1. The molecule has 0 atom stereocenters. The number of aliphatic hydroxyl groups excluding tert-OH is 1. The van der Waals surface area contributed by atoms with Gasteiger partial charge in [0.2, 0.25) is 0 Å². The number of ether oxygens (including phenoxy) is 1. The van der Waals surface area contributed by atoms with Crippen molar-refractivity contribution in [3.63, 3.8) is 0 Å². The molecule has 1 saturated carbocycles. The van der Waals surface area contributed by atoms with E-state index in [9.17, 15) is 0 Å². The maximum absolute atomic E-state index is 8.91. The van der Waals surface area contributed by atoms with E-state index in [0.29, 0.717) is 12.2 Å². The van der Waals surface area contributed by atoms with E-state index in [0.717, 1.165) is 12.8 Å². The van der Waals surface area contributed by atoms with Crippen LogP contribution in [0.15, 0.2) is 0 Å². The van der Waals surface area contributed by atoms with E-state index in [1.807, 2.05) is 0 Å². The molecule has 2 nitrogen and oxygen atoms in total. The van der Waals surface area contributed by atoms with Crippen LogP contribution in [0.2, 0.25) is 0 Å². The van der Waals surface area contributed by atoms with Crippen LogP contribution < -0.4 is 0 Å². The largest absolute Gasteiger partial charge is 0.393 e. The highest BCUT2D eigenvalue weighted by Gasteiger charge is 2.31. The number of rotatable bonds is 0. The number of hydrogen-bond acceptors (Lipinski definition) is 2. The lowest BCUT2D eigenvalue weighted by atomic mass is 9.98.